The zero-order chi connectivity index (χ0) is 15.6. The van der Waals surface area contributed by atoms with Crippen LogP contribution in [0.15, 0.2) is 41.3 Å². The summed E-state index contributed by atoms with van der Waals surface area (Å²) >= 11 is 2.16. The Balaban J connectivity index is 2.42. The van der Waals surface area contributed by atoms with Crippen LogP contribution in [-0.2, 0) is 16.6 Å². The van der Waals surface area contributed by atoms with Crippen LogP contribution in [0, 0.1) is 17.4 Å². The third-order valence-electron chi connectivity index (χ3n) is 3.19. The molecule has 112 valence electrons. The molecule has 0 bridgehead atoms. The normalized spacial score (nSPS) is 11.4. The third kappa shape index (κ3) is 3.75. The molecule has 0 atom stereocenters. The van der Waals surface area contributed by atoms with Gasteiger partial charge in [0.05, 0.1) is 11.5 Å². The highest BCUT2D eigenvalue weighted by Gasteiger charge is 2.18. The van der Waals surface area contributed by atoms with Gasteiger partial charge in [0.1, 0.15) is 0 Å². The Morgan fingerprint density at radius 1 is 1.10 bits per heavy atom. The first-order chi connectivity index (χ1) is 9.83. The highest BCUT2D eigenvalue weighted by molar-refractivity contribution is 14.1. The van der Waals surface area contributed by atoms with Crippen LogP contribution in [0.3, 0.4) is 0 Å². The lowest BCUT2D eigenvalue weighted by atomic mass is 10.1. The maximum atomic E-state index is 12.5. The van der Waals surface area contributed by atoms with E-state index >= 15 is 0 Å². The third-order valence-corrected chi connectivity index (χ3v) is 5.43. The summed E-state index contributed by atoms with van der Waals surface area (Å²) in [5.41, 5.74) is 2.66. The maximum absolute atomic E-state index is 12.5. The van der Waals surface area contributed by atoms with E-state index in [4.69, 9.17) is 0 Å². The predicted octanol–water partition coefficient (Wildman–Crippen LogP) is 3.20. The second-order valence-corrected chi connectivity index (χ2v) is 7.71. The van der Waals surface area contributed by atoms with Crippen LogP contribution >= 0.6 is 22.6 Å². The van der Waals surface area contributed by atoms with Gasteiger partial charge in [0.15, 0.2) is 0 Å². The molecular weight excluding hydrogens is 401 g/mol. The van der Waals surface area contributed by atoms with Crippen molar-refractivity contribution in [3.8, 4) is 0 Å². The first kappa shape index (κ1) is 16.3. The molecule has 0 aliphatic heterocycles. The van der Waals surface area contributed by atoms with Crippen molar-refractivity contribution in [2.24, 2.45) is 0 Å². The summed E-state index contributed by atoms with van der Waals surface area (Å²) in [6.45, 7) is 3.41. The van der Waals surface area contributed by atoms with Crippen molar-refractivity contribution in [3.63, 3.8) is 0 Å². The van der Waals surface area contributed by atoms with Crippen molar-refractivity contribution in [1.82, 2.24) is 0 Å². The number of aryl methyl sites for hydroxylation is 2. The first-order valence-electron chi connectivity index (χ1n) is 6.33. The second-order valence-electron chi connectivity index (χ2n) is 4.81. The number of hydrogen-bond acceptors (Lipinski definition) is 3. The summed E-state index contributed by atoms with van der Waals surface area (Å²) in [5.74, 6) is 0. The Kier molecular flexibility index (Phi) is 4.90. The minimum Gasteiger partial charge on any atom is -0.392 e. The van der Waals surface area contributed by atoms with Crippen LogP contribution in [0.4, 0.5) is 5.69 Å². The lowest BCUT2D eigenvalue weighted by Gasteiger charge is -2.13. The van der Waals surface area contributed by atoms with E-state index in [0.29, 0.717) is 16.8 Å². The van der Waals surface area contributed by atoms with Gasteiger partial charge in [-0.3, -0.25) is 4.72 Å². The molecule has 4 nitrogen and oxygen atoms in total. The van der Waals surface area contributed by atoms with Gasteiger partial charge in [0.2, 0.25) is 0 Å². The van der Waals surface area contributed by atoms with Crippen LogP contribution in [0.25, 0.3) is 0 Å². The average molecular weight is 417 g/mol. The number of nitrogens with one attached hydrogen (secondary N) is 1. The number of aliphatic hydroxyl groups excluding tert-OH is 1. The molecule has 2 N–H and O–H groups in total. The van der Waals surface area contributed by atoms with Gasteiger partial charge >= 0.3 is 0 Å². The zero-order valence-electron chi connectivity index (χ0n) is 11.7. The lowest BCUT2D eigenvalue weighted by molar-refractivity contribution is 0.280. The highest BCUT2D eigenvalue weighted by atomic mass is 127. The monoisotopic (exact) mass is 417 g/mol. The first-order valence-corrected chi connectivity index (χ1v) is 8.89. The van der Waals surface area contributed by atoms with Gasteiger partial charge in [-0.05, 0) is 83.5 Å². The van der Waals surface area contributed by atoms with Crippen molar-refractivity contribution in [1.29, 1.82) is 0 Å². The molecular formula is C15H16INO3S. The molecule has 0 amide bonds. The largest absolute Gasteiger partial charge is 0.392 e. The van der Waals surface area contributed by atoms with Gasteiger partial charge < -0.3 is 5.11 Å². The van der Waals surface area contributed by atoms with E-state index in [1.165, 1.54) is 6.07 Å². The molecule has 2 aromatic rings. The van der Waals surface area contributed by atoms with Crippen molar-refractivity contribution >= 4 is 38.3 Å². The van der Waals surface area contributed by atoms with Crippen LogP contribution in [0.1, 0.15) is 16.7 Å². The van der Waals surface area contributed by atoms with Crippen LogP contribution in [-0.4, -0.2) is 13.5 Å². The summed E-state index contributed by atoms with van der Waals surface area (Å²) in [5, 5.41) is 9.30. The molecule has 0 heterocycles. The molecule has 0 radical (unpaired) electrons. The summed E-state index contributed by atoms with van der Waals surface area (Å²) in [7, 11) is -3.67. The van der Waals surface area contributed by atoms with E-state index in [-0.39, 0.29) is 11.5 Å². The van der Waals surface area contributed by atoms with E-state index in [1.807, 2.05) is 19.1 Å². The van der Waals surface area contributed by atoms with E-state index in [0.717, 1.165) is 9.13 Å². The molecule has 0 aromatic heterocycles. The molecule has 0 aliphatic rings. The quantitative estimate of drug-likeness (QED) is 0.752. The lowest BCUT2D eigenvalue weighted by Crippen LogP contribution is -2.15. The van der Waals surface area contributed by atoms with Crippen molar-refractivity contribution < 1.29 is 13.5 Å². The Morgan fingerprint density at radius 3 is 2.29 bits per heavy atom. The van der Waals surface area contributed by atoms with E-state index in [2.05, 4.69) is 27.3 Å². The number of aliphatic hydroxyl groups is 1. The highest BCUT2D eigenvalue weighted by Crippen LogP contribution is 2.23. The minimum absolute atomic E-state index is 0.182. The summed E-state index contributed by atoms with van der Waals surface area (Å²) < 4.78 is 28.6. The van der Waals surface area contributed by atoms with Gasteiger partial charge in [-0.25, -0.2) is 8.42 Å². The average Bonchev–Trinajstić information content (AvgIpc) is 2.41. The van der Waals surface area contributed by atoms with Crippen molar-refractivity contribution in [2.45, 2.75) is 25.3 Å². The summed E-state index contributed by atoms with van der Waals surface area (Å²) in [6.07, 6.45) is 0. The number of benzene rings is 2. The fourth-order valence-corrected chi connectivity index (χ4v) is 3.76. The number of hydrogen-bond donors (Lipinski definition) is 2. The van der Waals surface area contributed by atoms with Gasteiger partial charge in [-0.2, -0.15) is 0 Å². The topological polar surface area (TPSA) is 66.4 Å². The van der Waals surface area contributed by atoms with Crippen LogP contribution < -0.4 is 4.72 Å². The zero-order valence-corrected chi connectivity index (χ0v) is 14.7. The Hall–Kier alpha value is -1.12. The number of anilines is 1. The second kappa shape index (κ2) is 6.33. The smallest absolute Gasteiger partial charge is 0.262 e. The van der Waals surface area contributed by atoms with Gasteiger partial charge in [0, 0.05) is 9.26 Å². The SMILES string of the molecule is Cc1cc(C)c(S(=O)(=O)Nc2ccc(I)cc2)cc1CO. The standard InChI is InChI=1S/C15H16INO3S/c1-10-7-11(2)15(8-12(10)9-18)21(19,20)17-14-5-3-13(16)4-6-14/h3-8,17-18H,9H2,1-2H3. The predicted molar refractivity (Wildman–Crippen MR) is 91.8 cm³/mol. The molecule has 21 heavy (non-hydrogen) atoms. The van der Waals surface area contributed by atoms with Gasteiger partial charge in [-0.1, -0.05) is 6.07 Å². The fraction of sp³-hybridized carbons (Fsp3) is 0.200. The number of sulfonamides is 1. The molecule has 0 unspecified atom stereocenters. The fourth-order valence-electron chi connectivity index (χ4n) is 2.06. The Morgan fingerprint density at radius 2 is 1.71 bits per heavy atom. The Labute approximate surface area is 138 Å². The molecule has 0 aliphatic carbocycles. The molecule has 0 saturated carbocycles. The summed E-state index contributed by atoms with van der Waals surface area (Å²) in [6, 6.07) is 10.4. The van der Waals surface area contributed by atoms with Crippen LogP contribution in [0.2, 0.25) is 0 Å². The molecule has 0 saturated heterocycles. The molecule has 2 aromatic carbocycles. The van der Waals surface area contributed by atoms with Crippen molar-refractivity contribution in [2.75, 3.05) is 4.72 Å². The van der Waals surface area contributed by atoms with Crippen LogP contribution in [0.5, 0.6) is 0 Å². The van der Waals surface area contributed by atoms with E-state index in [1.54, 1.807) is 25.1 Å². The molecule has 6 heteroatoms. The molecule has 0 spiro atoms. The molecule has 2 rings (SSSR count). The minimum atomic E-state index is -3.67. The van der Waals surface area contributed by atoms with Gasteiger partial charge in [0.25, 0.3) is 10.0 Å². The molecule has 0 fully saturated rings. The Bertz CT molecular complexity index is 755. The van der Waals surface area contributed by atoms with E-state index < -0.39 is 10.0 Å². The maximum Gasteiger partial charge on any atom is 0.262 e. The number of rotatable bonds is 4. The van der Waals surface area contributed by atoms with E-state index in [9.17, 15) is 13.5 Å². The van der Waals surface area contributed by atoms with Gasteiger partial charge in [-0.15, -0.1) is 0 Å². The number of halogens is 1. The van der Waals surface area contributed by atoms with Crippen molar-refractivity contribution in [3.05, 3.63) is 56.7 Å². The summed E-state index contributed by atoms with van der Waals surface area (Å²) in [4.78, 5) is 0.190.